The minimum atomic E-state index is -0.823. The number of unbranched alkanes of at least 4 members (excludes halogenated alkanes) is 1. The fraction of sp³-hybridized carbons (Fsp3) is 0.611. The molecular formula is C18H27N3O3. The fourth-order valence-corrected chi connectivity index (χ4v) is 2.74. The summed E-state index contributed by atoms with van der Waals surface area (Å²) >= 11 is 0. The number of fused-ring (bicyclic) bond motifs is 1. The number of rotatable bonds is 9. The van der Waals surface area contributed by atoms with E-state index in [-0.39, 0.29) is 5.91 Å². The quantitative estimate of drug-likeness (QED) is 0.604. The van der Waals surface area contributed by atoms with Crippen molar-refractivity contribution in [3.05, 3.63) is 23.4 Å². The number of carboxylic acids is 1. The van der Waals surface area contributed by atoms with Gasteiger partial charge in [-0.1, -0.05) is 13.0 Å². The maximum absolute atomic E-state index is 11.7. The van der Waals surface area contributed by atoms with E-state index in [1.165, 1.54) is 5.56 Å². The first kappa shape index (κ1) is 18.2. The number of carbonyl (C=O) groups is 2. The average Bonchev–Trinajstić information content (AvgIpc) is 2.58. The highest BCUT2D eigenvalue weighted by molar-refractivity contribution is 5.76. The van der Waals surface area contributed by atoms with Gasteiger partial charge in [0.25, 0.3) is 0 Å². The third kappa shape index (κ3) is 5.83. The van der Waals surface area contributed by atoms with Gasteiger partial charge in [-0.25, -0.2) is 4.98 Å². The van der Waals surface area contributed by atoms with E-state index < -0.39 is 11.9 Å². The summed E-state index contributed by atoms with van der Waals surface area (Å²) in [4.78, 5) is 27.0. The molecule has 2 rings (SSSR count). The highest BCUT2D eigenvalue weighted by Gasteiger charge is 2.11. The number of hydrogen-bond acceptors (Lipinski definition) is 4. The first-order chi connectivity index (χ1) is 11.6. The van der Waals surface area contributed by atoms with E-state index in [1.54, 1.807) is 6.92 Å². The van der Waals surface area contributed by atoms with Gasteiger partial charge in [0, 0.05) is 25.2 Å². The van der Waals surface area contributed by atoms with Crippen molar-refractivity contribution in [2.45, 2.75) is 51.9 Å². The molecule has 2 heterocycles. The van der Waals surface area contributed by atoms with Gasteiger partial charge in [0.15, 0.2) is 0 Å². The number of nitrogens with one attached hydrogen (secondary N) is 2. The number of carboxylic acid groups (broad SMARTS) is 1. The summed E-state index contributed by atoms with van der Waals surface area (Å²) in [6.45, 7) is 3.06. The van der Waals surface area contributed by atoms with E-state index >= 15 is 0 Å². The Bertz CT molecular complexity index is 575. The Hall–Kier alpha value is -2.11. The monoisotopic (exact) mass is 333 g/mol. The molecule has 1 aromatic heterocycles. The topological polar surface area (TPSA) is 91.3 Å². The number of aromatic nitrogens is 1. The highest BCUT2D eigenvalue weighted by Crippen LogP contribution is 2.20. The average molecular weight is 333 g/mol. The first-order valence-corrected chi connectivity index (χ1v) is 8.78. The molecule has 24 heavy (non-hydrogen) atoms. The second-order valence-electron chi connectivity index (χ2n) is 6.43. The Balaban J connectivity index is 1.60. The predicted octanol–water partition coefficient (Wildman–Crippen LogP) is 2.38. The third-order valence-electron chi connectivity index (χ3n) is 4.36. The Morgan fingerprint density at radius 3 is 3.00 bits per heavy atom. The van der Waals surface area contributed by atoms with E-state index in [4.69, 9.17) is 5.11 Å². The molecule has 6 nitrogen and oxygen atoms in total. The number of nitrogens with zero attached hydrogens (tertiary/aromatic N) is 1. The molecule has 1 aliphatic heterocycles. The summed E-state index contributed by atoms with van der Waals surface area (Å²) in [5.41, 5.74) is 2.36. The van der Waals surface area contributed by atoms with Gasteiger partial charge < -0.3 is 15.7 Å². The van der Waals surface area contributed by atoms with Crippen molar-refractivity contribution in [2.75, 3.05) is 18.4 Å². The zero-order valence-electron chi connectivity index (χ0n) is 14.3. The molecule has 1 aliphatic rings. The van der Waals surface area contributed by atoms with Crippen LogP contribution in [0.2, 0.25) is 0 Å². The van der Waals surface area contributed by atoms with Crippen LogP contribution in [0.5, 0.6) is 0 Å². The first-order valence-electron chi connectivity index (χ1n) is 8.78. The molecule has 3 N–H and O–H groups in total. The van der Waals surface area contributed by atoms with Crippen LogP contribution in [-0.2, 0) is 22.4 Å². The van der Waals surface area contributed by atoms with Crippen LogP contribution < -0.4 is 10.6 Å². The summed E-state index contributed by atoms with van der Waals surface area (Å²) in [6, 6.07) is 4.24. The van der Waals surface area contributed by atoms with Crippen molar-refractivity contribution < 1.29 is 14.7 Å². The van der Waals surface area contributed by atoms with E-state index in [9.17, 15) is 9.59 Å². The van der Waals surface area contributed by atoms with Crippen molar-refractivity contribution in [1.29, 1.82) is 0 Å². The van der Waals surface area contributed by atoms with E-state index in [1.807, 2.05) is 0 Å². The van der Waals surface area contributed by atoms with Gasteiger partial charge in [-0.3, -0.25) is 9.59 Å². The number of amides is 1. The van der Waals surface area contributed by atoms with Gasteiger partial charge in [-0.05, 0) is 50.2 Å². The number of anilines is 1. The van der Waals surface area contributed by atoms with Crippen LogP contribution in [-0.4, -0.2) is 35.1 Å². The van der Waals surface area contributed by atoms with Crippen LogP contribution in [0.15, 0.2) is 12.1 Å². The number of pyridine rings is 1. The Morgan fingerprint density at radius 2 is 2.21 bits per heavy atom. The van der Waals surface area contributed by atoms with Gasteiger partial charge in [-0.15, -0.1) is 0 Å². The molecule has 0 fully saturated rings. The van der Waals surface area contributed by atoms with Gasteiger partial charge in [-0.2, -0.15) is 0 Å². The molecule has 0 saturated carbocycles. The second kappa shape index (κ2) is 9.25. The third-order valence-corrected chi connectivity index (χ3v) is 4.36. The summed E-state index contributed by atoms with van der Waals surface area (Å²) in [5.74, 6) is -0.234. The normalized spacial score (nSPS) is 14.4. The lowest BCUT2D eigenvalue weighted by Gasteiger charge is -2.17. The molecule has 0 spiro atoms. The van der Waals surface area contributed by atoms with Gasteiger partial charge >= 0.3 is 5.97 Å². The predicted molar refractivity (Wildman–Crippen MR) is 93.0 cm³/mol. The molecular weight excluding hydrogens is 306 g/mol. The molecule has 0 aliphatic carbocycles. The Labute approximate surface area is 143 Å². The van der Waals surface area contributed by atoms with E-state index in [0.29, 0.717) is 19.4 Å². The summed E-state index contributed by atoms with van der Waals surface area (Å²) in [5, 5.41) is 14.9. The maximum atomic E-state index is 11.7. The van der Waals surface area contributed by atoms with Crippen molar-refractivity contribution in [2.24, 2.45) is 5.92 Å². The summed E-state index contributed by atoms with van der Waals surface area (Å²) in [7, 11) is 0. The molecule has 0 saturated heterocycles. The second-order valence-corrected chi connectivity index (χ2v) is 6.43. The highest BCUT2D eigenvalue weighted by atomic mass is 16.4. The summed E-state index contributed by atoms with van der Waals surface area (Å²) in [6.07, 6.45) is 5.80. The van der Waals surface area contributed by atoms with Crippen LogP contribution in [0.25, 0.3) is 0 Å². The van der Waals surface area contributed by atoms with E-state index in [2.05, 4.69) is 27.8 Å². The number of hydrogen-bond donors (Lipinski definition) is 3. The molecule has 1 amide bonds. The lowest BCUT2D eigenvalue weighted by Crippen LogP contribution is -2.26. The lowest BCUT2D eigenvalue weighted by atomic mass is 10.1. The molecule has 0 unspecified atom stereocenters. The van der Waals surface area contributed by atoms with Crippen molar-refractivity contribution >= 4 is 17.7 Å². The largest absolute Gasteiger partial charge is 0.481 e. The molecule has 6 heteroatoms. The Kier molecular flexibility index (Phi) is 7.03. The van der Waals surface area contributed by atoms with Crippen molar-refractivity contribution in [3.8, 4) is 0 Å². The van der Waals surface area contributed by atoms with Gasteiger partial charge in [0.05, 0.1) is 5.92 Å². The van der Waals surface area contributed by atoms with Crippen LogP contribution in [0.4, 0.5) is 5.82 Å². The van der Waals surface area contributed by atoms with E-state index in [0.717, 1.165) is 50.2 Å². The SMILES string of the molecule is C[C@H](CCNC(=O)CCCCc1ccc2c(n1)NCCC2)C(=O)O. The molecule has 0 aromatic carbocycles. The zero-order chi connectivity index (χ0) is 17.4. The van der Waals surface area contributed by atoms with Crippen molar-refractivity contribution in [1.82, 2.24) is 10.3 Å². The minimum absolute atomic E-state index is 0.00680. The zero-order valence-corrected chi connectivity index (χ0v) is 14.3. The van der Waals surface area contributed by atoms with Crippen LogP contribution >= 0.6 is 0 Å². The molecule has 0 radical (unpaired) electrons. The lowest BCUT2D eigenvalue weighted by molar-refractivity contribution is -0.141. The van der Waals surface area contributed by atoms with Crippen LogP contribution in [0, 0.1) is 5.92 Å². The smallest absolute Gasteiger partial charge is 0.306 e. The Morgan fingerprint density at radius 1 is 1.38 bits per heavy atom. The van der Waals surface area contributed by atoms with Crippen molar-refractivity contribution in [3.63, 3.8) is 0 Å². The standard InChI is InChI=1S/C18H27N3O3/c1-13(18(23)24)10-12-19-16(22)7-3-2-6-15-9-8-14-5-4-11-20-17(14)21-15/h8-9,13H,2-7,10-12H2,1H3,(H,19,22)(H,20,21)(H,23,24)/t13-/m1/s1. The van der Waals surface area contributed by atoms with Gasteiger partial charge in [0.2, 0.25) is 5.91 Å². The maximum Gasteiger partial charge on any atom is 0.306 e. The molecule has 0 bridgehead atoms. The van der Waals surface area contributed by atoms with Crippen LogP contribution in [0.3, 0.4) is 0 Å². The molecule has 1 aromatic rings. The van der Waals surface area contributed by atoms with Gasteiger partial charge in [0.1, 0.15) is 5.82 Å². The fourth-order valence-electron chi connectivity index (χ4n) is 2.74. The number of aryl methyl sites for hydroxylation is 2. The molecule has 1 atom stereocenters. The number of carbonyl (C=O) groups excluding carboxylic acids is 1. The minimum Gasteiger partial charge on any atom is -0.481 e. The molecule has 132 valence electrons. The number of aliphatic carboxylic acids is 1. The van der Waals surface area contributed by atoms with Crippen LogP contribution in [0.1, 0.15) is 50.3 Å². The summed E-state index contributed by atoms with van der Waals surface area (Å²) < 4.78 is 0.